The zero-order valence-corrected chi connectivity index (χ0v) is 29.8. The monoisotopic (exact) mass is 629 g/mol. The molecular weight excluding hydrogens is 560 g/mol. The van der Waals surface area contributed by atoms with Crippen LogP contribution in [0.5, 0.6) is 5.75 Å². The van der Waals surface area contributed by atoms with Gasteiger partial charge in [0.15, 0.2) is 0 Å². The molecule has 0 bridgehead atoms. The van der Waals surface area contributed by atoms with E-state index >= 15 is 0 Å². The summed E-state index contributed by atoms with van der Waals surface area (Å²) in [6.07, 6.45) is 30.7. The molecule has 0 heterocycles. The average Bonchev–Trinajstić information content (AvgIpc) is 3.40. The molecule has 3 aliphatic rings. The number of phenols is 1. The number of fused-ring (bicyclic) bond motifs is 5. The van der Waals surface area contributed by atoms with E-state index in [1.54, 1.807) is 5.56 Å². The van der Waals surface area contributed by atoms with Crippen molar-refractivity contribution in [1.82, 2.24) is 0 Å². The third-order valence-electron chi connectivity index (χ3n) is 12.9. The molecule has 0 aromatic heterocycles. The summed E-state index contributed by atoms with van der Waals surface area (Å²) in [5.41, 5.74) is 4.92. The third-order valence-corrected chi connectivity index (χ3v) is 12.9. The number of phenolic OH excluding ortho intramolecular Hbond substituents is 1. The first-order valence-corrected chi connectivity index (χ1v) is 20.0. The Morgan fingerprint density at radius 2 is 1.39 bits per heavy atom. The second-order valence-electron chi connectivity index (χ2n) is 16.0. The summed E-state index contributed by atoms with van der Waals surface area (Å²) in [6, 6.07) is 16.9. The molecule has 2 aromatic carbocycles. The zero-order valence-electron chi connectivity index (χ0n) is 29.8. The van der Waals surface area contributed by atoms with Crippen LogP contribution in [0.1, 0.15) is 171 Å². The van der Waals surface area contributed by atoms with Gasteiger partial charge in [0.05, 0.1) is 6.61 Å². The van der Waals surface area contributed by atoms with Gasteiger partial charge in [0.25, 0.3) is 0 Å². The minimum atomic E-state index is 0.469. The molecule has 2 heteroatoms. The van der Waals surface area contributed by atoms with Crippen LogP contribution in [0.25, 0.3) is 0 Å². The van der Waals surface area contributed by atoms with Crippen molar-refractivity contribution >= 4 is 0 Å². The number of hydrogen-bond acceptors (Lipinski definition) is 2. The summed E-state index contributed by atoms with van der Waals surface area (Å²) >= 11 is 0. The maximum atomic E-state index is 10.3. The van der Waals surface area contributed by atoms with E-state index in [1.165, 1.54) is 152 Å². The first-order chi connectivity index (χ1) is 22.6. The summed E-state index contributed by atoms with van der Waals surface area (Å²) in [5, 5.41) is 10.3. The van der Waals surface area contributed by atoms with Crippen molar-refractivity contribution < 1.29 is 9.84 Å². The molecule has 2 aromatic rings. The summed E-state index contributed by atoms with van der Waals surface area (Å²) in [5.74, 6) is 4.76. The van der Waals surface area contributed by atoms with Gasteiger partial charge < -0.3 is 9.84 Å². The highest BCUT2D eigenvalue weighted by Crippen LogP contribution is 2.65. The predicted octanol–water partition coefficient (Wildman–Crippen LogP) is 13.0. The molecule has 256 valence electrons. The lowest BCUT2D eigenvalue weighted by molar-refractivity contribution is -0.00317. The van der Waals surface area contributed by atoms with Crippen molar-refractivity contribution in [1.29, 1.82) is 0 Å². The number of aromatic hydroxyl groups is 1. The molecule has 2 fully saturated rings. The molecule has 0 radical (unpaired) electrons. The quantitative estimate of drug-likeness (QED) is 0.139. The Balaban J connectivity index is 0.909. The standard InChI is InChI=1S/C44H68O2/c1-3-21-38-25-28-42-43-36(32-37-33-39(45)26-27-40(37)41(43)29-30-44(38,42)2)24-19-14-12-10-8-6-4-5-7-9-11-13-15-20-31-46-34-35-22-17-16-18-23-35/h16-18,22-23,26-27,33,36,38,41-43,45H,3-15,19-21,24-25,28-32,34H2,1-2H3/t36-,38+,41?,42?,43?,44-/m1/s1. The highest BCUT2D eigenvalue weighted by atomic mass is 16.5. The molecule has 0 amide bonds. The van der Waals surface area contributed by atoms with Crippen LogP contribution in [0.2, 0.25) is 0 Å². The van der Waals surface area contributed by atoms with Gasteiger partial charge in [-0.15, -0.1) is 0 Å². The third kappa shape index (κ3) is 9.64. The molecule has 1 N–H and O–H groups in total. The lowest BCUT2D eigenvalue weighted by atomic mass is 9.51. The van der Waals surface area contributed by atoms with Gasteiger partial charge in [0.1, 0.15) is 5.75 Å². The fraction of sp³-hybridized carbons (Fsp3) is 0.727. The van der Waals surface area contributed by atoms with E-state index in [0.29, 0.717) is 11.2 Å². The molecule has 3 unspecified atom stereocenters. The summed E-state index contributed by atoms with van der Waals surface area (Å²) in [7, 11) is 0. The van der Waals surface area contributed by atoms with E-state index in [0.717, 1.165) is 42.8 Å². The Labute approximate surface area is 283 Å². The number of benzene rings is 2. The number of ether oxygens (including phenoxy) is 1. The van der Waals surface area contributed by atoms with Crippen molar-refractivity contribution in [2.75, 3.05) is 6.61 Å². The minimum absolute atomic E-state index is 0.469. The van der Waals surface area contributed by atoms with Crippen molar-refractivity contribution in [3.63, 3.8) is 0 Å². The van der Waals surface area contributed by atoms with Crippen LogP contribution in [-0.2, 0) is 17.8 Å². The van der Waals surface area contributed by atoms with Gasteiger partial charge in [-0.3, -0.25) is 0 Å². The van der Waals surface area contributed by atoms with Crippen molar-refractivity contribution in [3.8, 4) is 5.75 Å². The van der Waals surface area contributed by atoms with Crippen molar-refractivity contribution in [3.05, 3.63) is 65.2 Å². The van der Waals surface area contributed by atoms with E-state index in [4.69, 9.17) is 4.74 Å². The van der Waals surface area contributed by atoms with Gasteiger partial charge in [0.2, 0.25) is 0 Å². The van der Waals surface area contributed by atoms with Crippen LogP contribution in [0.15, 0.2) is 48.5 Å². The Morgan fingerprint density at radius 1 is 0.739 bits per heavy atom. The second-order valence-corrected chi connectivity index (χ2v) is 16.0. The molecular formula is C44H68O2. The first-order valence-electron chi connectivity index (χ1n) is 20.0. The Kier molecular flexibility index (Phi) is 14.4. The van der Waals surface area contributed by atoms with Crippen LogP contribution < -0.4 is 0 Å². The van der Waals surface area contributed by atoms with Crippen molar-refractivity contribution in [2.24, 2.45) is 29.1 Å². The highest BCUT2D eigenvalue weighted by molar-refractivity contribution is 5.40. The van der Waals surface area contributed by atoms with Crippen LogP contribution in [-0.4, -0.2) is 11.7 Å². The van der Waals surface area contributed by atoms with E-state index in [1.807, 2.05) is 6.07 Å². The van der Waals surface area contributed by atoms with Crippen LogP contribution in [0.3, 0.4) is 0 Å². The van der Waals surface area contributed by atoms with Gasteiger partial charge >= 0.3 is 0 Å². The first kappa shape index (κ1) is 35.5. The van der Waals surface area contributed by atoms with Crippen molar-refractivity contribution in [2.45, 2.75) is 168 Å². The fourth-order valence-electron chi connectivity index (χ4n) is 10.5. The average molecular weight is 629 g/mol. The maximum absolute atomic E-state index is 10.3. The minimum Gasteiger partial charge on any atom is -0.508 e. The molecule has 3 aliphatic carbocycles. The van der Waals surface area contributed by atoms with Gasteiger partial charge in [-0.05, 0) is 109 Å². The molecule has 0 spiro atoms. The summed E-state index contributed by atoms with van der Waals surface area (Å²) < 4.78 is 5.81. The fourth-order valence-corrected chi connectivity index (χ4v) is 10.5. The normalized spacial score (nSPS) is 26.9. The van der Waals surface area contributed by atoms with Gasteiger partial charge in [-0.25, -0.2) is 0 Å². The maximum Gasteiger partial charge on any atom is 0.115 e. The Morgan fingerprint density at radius 3 is 2.07 bits per heavy atom. The molecule has 6 atom stereocenters. The molecule has 0 saturated heterocycles. The molecule has 0 aliphatic heterocycles. The van der Waals surface area contributed by atoms with E-state index < -0.39 is 0 Å². The SMILES string of the molecule is CCC[C@H]1CCC2C3C(CC[C@@]21C)c1ccc(O)cc1C[C@H]3CCCCCCCCCCCCCCCCOCc1ccccc1. The highest BCUT2D eigenvalue weighted by Gasteiger charge is 2.56. The summed E-state index contributed by atoms with van der Waals surface area (Å²) in [4.78, 5) is 0. The van der Waals surface area contributed by atoms with Crippen LogP contribution in [0.4, 0.5) is 0 Å². The van der Waals surface area contributed by atoms with Gasteiger partial charge in [-0.2, -0.15) is 0 Å². The van der Waals surface area contributed by atoms with Crippen LogP contribution >= 0.6 is 0 Å². The van der Waals surface area contributed by atoms with Crippen LogP contribution in [0, 0.1) is 29.1 Å². The topological polar surface area (TPSA) is 29.5 Å². The zero-order chi connectivity index (χ0) is 32.0. The molecule has 2 nitrogen and oxygen atoms in total. The largest absolute Gasteiger partial charge is 0.508 e. The van der Waals surface area contributed by atoms with E-state index in [9.17, 15) is 5.11 Å². The lowest BCUT2D eigenvalue weighted by Gasteiger charge is -2.54. The number of rotatable bonds is 21. The van der Waals surface area contributed by atoms with Gasteiger partial charge in [-0.1, -0.05) is 147 Å². The van der Waals surface area contributed by atoms with Gasteiger partial charge in [0, 0.05) is 6.61 Å². The molecule has 5 rings (SSSR count). The molecule has 2 saturated carbocycles. The van der Waals surface area contributed by atoms with E-state index in [-0.39, 0.29) is 0 Å². The number of unbranched alkanes of at least 4 members (excludes halogenated alkanes) is 13. The number of hydrogen-bond donors (Lipinski definition) is 1. The summed E-state index contributed by atoms with van der Waals surface area (Å²) in [6.45, 7) is 6.74. The smallest absolute Gasteiger partial charge is 0.115 e. The molecule has 46 heavy (non-hydrogen) atoms. The second kappa shape index (κ2) is 18.7. The Bertz CT molecular complexity index is 1130. The lowest BCUT2D eigenvalue weighted by Crippen LogP contribution is -2.46. The van der Waals surface area contributed by atoms with E-state index in [2.05, 4.69) is 56.3 Å². The Hall–Kier alpha value is -1.80. The predicted molar refractivity (Wildman–Crippen MR) is 195 cm³/mol.